The molecule has 0 aromatic carbocycles. The van der Waals surface area contributed by atoms with E-state index in [2.05, 4.69) is 85.1 Å². The number of nitrogens with one attached hydrogen (secondary N) is 16. The Balaban J connectivity index is 0.000000150. The van der Waals surface area contributed by atoms with E-state index in [1.165, 1.54) is 205 Å². The fourth-order valence-corrected chi connectivity index (χ4v) is 23.9. The number of fused-ring (bicyclic) bond motifs is 40. The summed E-state index contributed by atoms with van der Waals surface area (Å²) in [6.07, 6.45) is 51.1. The van der Waals surface area contributed by atoms with Crippen molar-refractivity contribution in [3.05, 3.63) is 0 Å². The number of hydrogen-bond acceptors (Lipinski definition) is 19. The first-order valence-electron chi connectivity index (χ1n) is 35.8. The molecule has 472 valence electrons. The van der Waals surface area contributed by atoms with Crippen LogP contribution in [0.5, 0.6) is 0 Å². The Bertz CT molecular complexity index is 1590. The van der Waals surface area contributed by atoms with Gasteiger partial charge in [0.15, 0.2) is 0 Å². The van der Waals surface area contributed by atoms with E-state index in [1.54, 1.807) is 0 Å². The van der Waals surface area contributed by atoms with Crippen molar-refractivity contribution in [2.24, 2.45) is 94.7 Å². The standard InChI is InChI=1S/2C32H56N8.Al.3H2O/c2*1-2-10-18-17(9-1)25-33-26(18)38-28-21-13-5-6-14-22(21)30(35-28)40-32-24-16-8-7-15-23(24)31(36-32)39-29-20-12-4-3-11-19(20)27(34-29)37-25;;;;/h2*17-40H,1-16H2;;3*1H2/q;;+3;;;/p-3. The monoisotopic (exact) mass is 1180 g/mol. The van der Waals surface area contributed by atoms with Crippen LogP contribution in [0, 0.1) is 94.7 Å². The Morgan fingerprint density at radius 1 is 0.119 bits per heavy atom. The molecule has 16 atom stereocenters. The van der Waals surface area contributed by atoms with Crippen molar-refractivity contribution in [1.29, 1.82) is 0 Å². The van der Waals surface area contributed by atoms with Gasteiger partial charge in [0.2, 0.25) is 0 Å². The molecule has 19 nitrogen and oxygen atoms in total. The molecule has 19 N–H and O–H groups in total. The van der Waals surface area contributed by atoms with Gasteiger partial charge in [-0.25, -0.2) is 0 Å². The minimum atomic E-state index is 0. The van der Waals surface area contributed by atoms with E-state index in [9.17, 15) is 0 Å². The van der Waals surface area contributed by atoms with Crippen molar-refractivity contribution in [2.75, 3.05) is 0 Å². The molecule has 18 fully saturated rings. The molecule has 8 saturated carbocycles. The molecule has 18 aliphatic rings. The first kappa shape index (κ1) is 62.6. The molecule has 0 aromatic rings. The van der Waals surface area contributed by atoms with Crippen LogP contribution < -0.4 is 85.1 Å². The van der Waals surface area contributed by atoms with Crippen LogP contribution >= 0.6 is 0 Å². The van der Waals surface area contributed by atoms with Gasteiger partial charge in [0.1, 0.15) is 0 Å². The topological polar surface area (TPSA) is 282 Å². The van der Waals surface area contributed by atoms with Crippen molar-refractivity contribution < 1.29 is 16.4 Å². The van der Waals surface area contributed by atoms with Crippen LogP contribution in [0.2, 0.25) is 0 Å². The molecule has 8 aliphatic carbocycles. The molecule has 10 saturated heterocycles. The predicted molar refractivity (Wildman–Crippen MR) is 326 cm³/mol. The normalized spacial score (nSPS) is 54.9. The second-order valence-corrected chi connectivity index (χ2v) is 31.2. The molecule has 20 heteroatoms. The van der Waals surface area contributed by atoms with Crippen molar-refractivity contribution in [3.8, 4) is 0 Å². The molecule has 0 radical (unpaired) electrons. The second kappa shape index (κ2) is 26.8. The van der Waals surface area contributed by atoms with Gasteiger partial charge < -0.3 is 16.4 Å². The van der Waals surface area contributed by atoms with Gasteiger partial charge in [-0.1, -0.05) is 103 Å². The fourth-order valence-electron chi connectivity index (χ4n) is 23.9. The molecular formula is C64H115AlN16O3. The maximum absolute atomic E-state index is 4.26. The summed E-state index contributed by atoms with van der Waals surface area (Å²) in [5.41, 5.74) is 0. The zero-order chi connectivity index (χ0) is 52.4. The summed E-state index contributed by atoms with van der Waals surface area (Å²) in [4.78, 5) is 0. The summed E-state index contributed by atoms with van der Waals surface area (Å²) in [7, 11) is 0. The molecule has 16 unspecified atom stereocenters. The van der Waals surface area contributed by atoms with Crippen molar-refractivity contribution in [1.82, 2.24) is 85.1 Å². The number of hydrogen-bond donors (Lipinski definition) is 16. The largest absolute Gasteiger partial charge is 3.00 e. The maximum atomic E-state index is 4.26. The van der Waals surface area contributed by atoms with Crippen LogP contribution in [0.4, 0.5) is 0 Å². The smallest absolute Gasteiger partial charge is 0.870 e. The van der Waals surface area contributed by atoms with Gasteiger partial charge in [-0.05, 0) is 197 Å². The fraction of sp³-hybridized carbons (Fsp3) is 1.00. The Hall–Kier alpha value is -0.228. The van der Waals surface area contributed by atoms with E-state index in [0.29, 0.717) is 98.7 Å². The number of rotatable bonds is 0. The van der Waals surface area contributed by atoms with Gasteiger partial charge in [0.25, 0.3) is 0 Å². The van der Waals surface area contributed by atoms with E-state index < -0.39 is 0 Å². The van der Waals surface area contributed by atoms with E-state index in [1.807, 2.05) is 0 Å². The zero-order valence-electron chi connectivity index (χ0n) is 51.0. The quantitative estimate of drug-likeness (QED) is 0.151. The zero-order valence-corrected chi connectivity index (χ0v) is 52.2. The first-order valence-corrected chi connectivity index (χ1v) is 35.8. The SMILES string of the molecule is C1CCC2C3NC(NC4NC(NC5NC(NC6NC(N3)C3CCCCC63)C3CCCCC53)C3CCCCC43)C2C1.C1CCC2C3NC(NC4NC(NC5NC(NC6NC(N3)C3CCCCC63)C3CCCCC53)C3CCCCC43)C2C1.[Al+3].[OH-].[OH-].[OH-]. The molecule has 0 amide bonds. The third-order valence-electron chi connectivity index (χ3n) is 27.6. The molecule has 10 aliphatic heterocycles. The average Bonchev–Trinajstić information content (AvgIpc) is 4.60. The van der Waals surface area contributed by atoms with Crippen LogP contribution in [0.1, 0.15) is 205 Å². The Morgan fingerprint density at radius 3 is 0.238 bits per heavy atom. The summed E-state index contributed by atoms with van der Waals surface area (Å²) in [6, 6.07) is 0. The molecule has 10 heterocycles. The molecular weight excluding hydrogens is 1070 g/mol. The summed E-state index contributed by atoms with van der Waals surface area (Å²) >= 11 is 0. The minimum absolute atomic E-state index is 0. The van der Waals surface area contributed by atoms with Crippen molar-refractivity contribution in [2.45, 2.75) is 304 Å². The van der Waals surface area contributed by atoms with Gasteiger partial charge in [-0.15, -0.1) is 0 Å². The predicted octanol–water partition coefficient (Wildman–Crippen LogP) is 4.30. The summed E-state index contributed by atoms with van der Waals surface area (Å²) < 4.78 is 0. The first-order chi connectivity index (χ1) is 39.6. The second-order valence-electron chi connectivity index (χ2n) is 31.2. The molecule has 84 heavy (non-hydrogen) atoms. The summed E-state index contributed by atoms with van der Waals surface area (Å²) in [5, 5.41) is 67.6. The van der Waals surface area contributed by atoms with E-state index >= 15 is 0 Å². The van der Waals surface area contributed by atoms with E-state index in [-0.39, 0.29) is 33.8 Å². The molecule has 0 aromatic heterocycles. The summed E-state index contributed by atoms with van der Waals surface area (Å²) in [6.45, 7) is 0. The van der Waals surface area contributed by atoms with Crippen LogP contribution in [0.25, 0.3) is 0 Å². The van der Waals surface area contributed by atoms with Gasteiger partial charge in [0, 0.05) is 0 Å². The van der Waals surface area contributed by atoms with Gasteiger partial charge in [-0.3, -0.25) is 85.1 Å². The van der Waals surface area contributed by atoms with Gasteiger partial charge in [0.05, 0.1) is 98.7 Å². The average molecular weight is 1180 g/mol. The van der Waals surface area contributed by atoms with Crippen LogP contribution in [0.3, 0.4) is 0 Å². The molecule has 0 spiro atoms. The summed E-state index contributed by atoms with van der Waals surface area (Å²) in [5.74, 6) is 11.9. The van der Waals surface area contributed by atoms with Gasteiger partial charge >= 0.3 is 17.4 Å². The van der Waals surface area contributed by atoms with Crippen molar-refractivity contribution in [3.63, 3.8) is 0 Å². The van der Waals surface area contributed by atoms with Crippen LogP contribution in [-0.2, 0) is 0 Å². The third-order valence-corrected chi connectivity index (χ3v) is 27.6. The minimum Gasteiger partial charge on any atom is -0.870 e. The van der Waals surface area contributed by atoms with Crippen molar-refractivity contribution >= 4 is 17.4 Å². The Morgan fingerprint density at radius 2 is 0.179 bits per heavy atom. The third kappa shape index (κ3) is 11.5. The Kier molecular flexibility index (Phi) is 19.9. The van der Waals surface area contributed by atoms with Crippen LogP contribution in [-0.4, -0.2) is 132 Å². The molecule has 16 bridgehead atoms. The molecule has 18 rings (SSSR count). The van der Waals surface area contributed by atoms with Crippen LogP contribution in [0.15, 0.2) is 0 Å². The van der Waals surface area contributed by atoms with E-state index in [4.69, 9.17) is 0 Å². The Labute approximate surface area is 515 Å². The van der Waals surface area contributed by atoms with E-state index in [0.717, 1.165) is 94.7 Å². The maximum Gasteiger partial charge on any atom is 3.00 e. The van der Waals surface area contributed by atoms with Gasteiger partial charge in [-0.2, -0.15) is 0 Å².